The summed E-state index contributed by atoms with van der Waals surface area (Å²) < 4.78 is 0. The Labute approximate surface area is 67.4 Å². The Bertz CT molecular complexity index is 80.8. The van der Waals surface area contributed by atoms with Gasteiger partial charge in [-0.3, -0.25) is 0 Å². The first-order valence-corrected chi connectivity index (χ1v) is 4.01. The van der Waals surface area contributed by atoms with E-state index in [2.05, 4.69) is 5.32 Å². The van der Waals surface area contributed by atoms with E-state index < -0.39 is 0 Å². The smallest absolute Gasteiger partial charge is 0.0665 e. The average Bonchev–Trinajstić information content (AvgIpc) is 2.01. The fraction of sp³-hybridized carbons (Fsp3) is 1.00. The SMILES string of the molecule is NCCCC(O)CNCCO. The first-order chi connectivity index (χ1) is 5.31. The fourth-order valence-corrected chi connectivity index (χ4v) is 0.803. The monoisotopic (exact) mass is 162 g/mol. The second kappa shape index (κ2) is 7.94. The van der Waals surface area contributed by atoms with Gasteiger partial charge in [0.2, 0.25) is 0 Å². The van der Waals surface area contributed by atoms with Crippen LogP contribution in [-0.2, 0) is 0 Å². The van der Waals surface area contributed by atoms with Crippen LogP contribution < -0.4 is 11.1 Å². The third-order valence-corrected chi connectivity index (χ3v) is 1.41. The van der Waals surface area contributed by atoms with Crippen molar-refractivity contribution >= 4 is 0 Å². The number of hydrogen-bond acceptors (Lipinski definition) is 4. The molecule has 68 valence electrons. The molecule has 0 aliphatic heterocycles. The molecule has 1 unspecified atom stereocenters. The fourth-order valence-electron chi connectivity index (χ4n) is 0.803. The van der Waals surface area contributed by atoms with E-state index in [0.29, 0.717) is 19.6 Å². The molecule has 0 aromatic heterocycles. The molecular weight excluding hydrogens is 144 g/mol. The Kier molecular flexibility index (Phi) is 7.83. The van der Waals surface area contributed by atoms with Crippen LogP contribution in [0.15, 0.2) is 0 Å². The summed E-state index contributed by atoms with van der Waals surface area (Å²) >= 11 is 0. The summed E-state index contributed by atoms with van der Waals surface area (Å²) in [5.74, 6) is 0. The van der Waals surface area contributed by atoms with E-state index in [0.717, 1.165) is 12.8 Å². The molecule has 0 aliphatic rings. The summed E-state index contributed by atoms with van der Waals surface area (Å²) in [5, 5.41) is 20.5. The molecule has 0 aliphatic carbocycles. The van der Waals surface area contributed by atoms with Crippen molar-refractivity contribution in [3.05, 3.63) is 0 Å². The van der Waals surface area contributed by atoms with E-state index in [1.807, 2.05) is 0 Å². The van der Waals surface area contributed by atoms with Gasteiger partial charge >= 0.3 is 0 Å². The van der Waals surface area contributed by atoms with Gasteiger partial charge in [0.15, 0.2) is 0 Å². The van der Waals surface area contributed by atoms with Crippen LogP contribution in [0.2, 0.25) is 0 Å². The number of aliphatic hydroxyl groups is 2. The number of hydrogen-bond donors (Lipinski definition) is 4. The third kappa shape index (κ3) is 7.74. The quantitative estimate of drug-likeness (QED) is 0.350. The molecule has 0 rings (SSSR count). The average molecular weight is 162 g/mol. The standard InChI is InChI=1S/C7H18N2O2/c8-3-1-2-7(11)6-9-4-5-10/h7,9-11H,1-6,8H2. The van der Waals surface area contributed by atoms with Crippen LogP contribution in [0.4, 0.5) is 0 Å². The second-order valence-corrected chi connectivity index (χ2v) is 2.51. The first kappa shape index (κ1) is 10.8. The van der Waals surface area contributed by atoms with Crippen molar-refractivity contribution < 1.29 is 10.2 Å². The molecule has 0 fully saturated rings. The molecule has 1 atom stereocenters. The molecule has 0 spiro atoms. The van der Waals surface area contributed by atoms with Crippen LogP contribution >= 0.6 is 0 Å². The summed E-state index contributed by atoms with van der Waals surface area (Å²) in [6.07, 6.45) is 1.25. The Morgan fingerprint density at radius 1 is 1.45 bits per heavy atom. The molecule has 0 heterocycles. The molecule has 4 nitrogen and oxygen atoms in total. The molecule has 0 saturated heterocycles. The van der Waals surface area contributed by atoms with Crippen LogP contribution in [0.1, 0.15) is 12.8 Å². The van der Waals surface area contributed by atoms with Crippen LogP contribution in [-0.4, -0.2) is 42.6 Å². The lowest BCUT2D eigenvalue weighted by molar-refractivity contribution is 0.157. The van der Waals surface area contributed by atoms with E-state index in [9.17, 15) is 5.11 Å². The van der Waals surface area contributed by atoms with Gasteiger partial charge in [0.05, 0.1) is 12.7 Å². The van der Waals surface area contributed by atoms with E-state index in [1.165, 1.54) is 0 Å². The van der Waals surface area contributed by atoms with Crippen molar-refractivity contribution in [2.45, 2.75) is 18.9 Å². The van der Waals surface area contributed by atoms with Crippen molar-refractivity contribution in [1.29, 1.82) is 0 Å². The summed E-state index contributed by atoms with van der Waals surface area (Å²) in [6.45, 7) is 1.82. The van der Waals surface area contributed by atoms with Gasteiger partial charge in [-0.2, -0.15) is 0 Å². The molecule has 0 radical (unpaired) electrons. The summed E-state index contributed by atoms with van der Waals surface area (Å²) in [6, 6.07) is 0. The zero-order valence-corrected chi connectivity index (χ0v) is 6.79. The molecule has 5 N–H and O–H groups in total. The molecular formula is C7H18N2O2. The first-order valence-electron chi connectivity index (χ1n) is 4.01. The number of nitrogens with two attached hydrogens (primary N) is 1. The lowest BCUT2D eigenvalue weighted by atomic mass is 10.2. The van der Waals surface area contributed by atoms with Gasteiger partial charge in [-0.25, -0.2) is 0 Å². The predicted molar refractivity (Wildman–Crippen MR) is 44.3 cm³/mol. The van der Waals surface area contributed by atoms with Gasteiger partial charge in [0, 0.05) is 13.1 Å². The maximum atomic E-state index is 9.21. The third-order valence-electron chi connectivity index (χ3n) is 1.41. The molecule has 0 aromatic carbocycles. The highest BCUT2D eigenvalue weighted by atomic mass is 16.3. The Morgan fingerprint density at radius 2 is 2.18 bits per heavy atom. The normalized spacial score (nSPS) is 13.4. The maximum absolute atomic E-state index is 9.21. The molecule has 4 heteroatoms. The van der Waals surface area contributed by atoms with Gasteiger partial charge in [-0.1, -0.05) is 0 Å². The Hall–Kier alpha value is -0.160. The lowest BCUT2D eigenvalue weighted by Crippen LogP contribution is -2.29. The minimum atomic E-state index is -0.329. The van der Waals surface area contributed by atoms with Crippen molar-refractivity contribution in [3.63, 3.8) is 0 Å². The molecule has 0 bridgehead atoms. The Balaban J connectivity index is 3.02. The van der Waals surface area contributed by atoms with Crippen molar-refractivity contribution in [2.24, 2.45) is 5.73 Å². The zero-order valence-electron chi connectivity index (χ0n) is 6.79. The van der Waals surface area contributed by atoms with Crippen LogP contribution in [0.25, 0.3) is 0 Å². The van der Waals surface area contributed by atoms with Crippen molar-refractivity contribution in [3.8, 4) is 0 Å². The Morgan fingerprint density at radius 3 is 2.73 bits per heavy atom. The number of rotatable bonds is 7. The predicted octanol–water partition coefficient (Wildman–Crippen LogP) is -1.33. The van der Waals surface area contributed by atoms with Gasteiger partial charge in [-0.05, 0) is 19.4 Å². The van der Waals surface area contributed by atoms with Crippen LogP contribution in [0.5, 0.6) is 0 Å². The van der Waals surface area contributed by atoms with E-state index in [4.69, 9.17) is 10.8 Å². The molecule has 0 saturated carbocycles. The summed E-state index contributed by atoms with van der Waals surface area (Å²) in [4.78, 5) is 0. The lowest BCUT2D eigenvalue weighted by Gasteiger charge is -2.09. The number of nitrogens with one attached hydrogen (secondary N) is 1. The summed E-state index contributed by atoms with van der Waals surface area (Å²) in [5.41, 5.74) is 5.26. The number of aliphatic hydroxyl groups excluding tert-OH is 2. The molecule has 0 aromatic rings. The molecule has 0 amide bonds. The summed E-state index contributed by atoms with van der Waals surface area (Å²) in [7, 11) is 0. The highest BCUT2D eigenvalue weighted by molar-refractivity contribution is 4.59. The second-order valence-electron chi connectivity index (χ2n) is 2.51. The molecule has 11 heavy (non-hydrogen) atoms. The van der Waals surface area contributed by atoms with E-state index in [-0.39, 0.29) is 12.7 Å². The van der Waals surface area contributed by atoms with Gasteiger partial charge in [-0.15, -0.1) is 0 Å². The van der Waals surface area contributed by atoms with Gasteiger partial charge < -0.3 is 21.3 Å². The van der Waals surface area contributed by atoms with Gasteiger partial charge in [0.25, 0.3) is 0 Å². The van der Waals surface area contributed by atoms with E-state index >= 15 is 0 Å². The van der Waals surface area contributed by atoms with Crippen LogP contribution in [0, 0.1) is 0 Å². The van der Waals surface area contributed by atoms with Crippen molar-refractivity contribution in [2.75, 3.05) is 26.2 Å². The van der Waals surface area contributed by atoms with Crippen LogP contribution in [0.3, 0.4) is 0 Å². The highest BCUT2D eigenvalue weighted by Gasteiger charge is 2.00. The largest absolute Gasteiger partial charge is 0.395 e. The topological polar surface area (TPSA) is 78.5 Å². The van der Waals surface area contributed by atoms with Gasteiger partial charge in [0.1, 0.15) is 0 Å². The minimum Gasteiger partial charge on any atom is -0.395 e. The highest BCUT2D eigenvalue weighted by Crippen LogP contribution is 1.92. The maximum Gasteiger partial charge on any atom is 0.0665 e. The minimum absolute atomic E-state index is 0.115. The zero-order chi connectivity index (χ0) is 8.53. The van der Waals surface area contributed by atoms with E-state index in [1.54, 1.807) is 0 Å². The van der Waals surface area contributed by atoms with Crippen molar-refractivity contribution in [1.82, 2.24) is 5.32 Å².